The van der Waals surface area contributed by atoms with Gasteiger partial charge in [-0.1, -0.05) is 6.07 Å². The van der Waals surface area contributed by atoms with E-state index in [1.54, 1.807) is 16.0 Å². The molecule has 0 aliphatic carbocycles. The van der Waals surface area contributed by atoms with Crippen molar-refractivity contribution in [3.8, 4) is 11.3 Å². The van der Waals surface area contributed by atoms with Crippen LogP contribution in [-0.4, -0.2) is 38.7 Å². The molecule has 6 nitrogen and oxygen atoms in total. The minimum Gasteiger partial charge on any atom is -0.379 e. The van der Waals surface area contributed by atoms with Crippen LogP contribution in [0.25, 0.3) is 11.3 Å². The van der Waals surface area contributed by atoms with Crippen LogP contribution < -0.4 is 5.32 Å². The smallest absolute Gasteiger partial charge is 0.253 e. The van der Waals surface area contributed by atoms with Crippen molar-refractivity contribution in [1.29, 1.82) is 0 Å². The number of amides is 1. The zero-order valence-corrected chi connectivity index (χ0v) is 15.5. The molecule has 0 saturated carbocycles. The summed E-state index contributed by atoms with van der Waals surface area (Å²) in [5, 5.41) is 10.6. The summed E-state index contributed by atoms with van der Waals surface area (Å²) in [4.78, 5) is 19.1. The van der Waals surface area contributed by atoms with E-state index in [4.69, 9.17) is 0 Å². The lowest BCUT2D eigenvalue weighted by Gasteiger charge is -2.15. The summed E-state index contributed by atoms with van der Waals surface area (Å²) >= 11 is 1.62. The molecule has 134 valence electrons. The highest BCUT2D eigenvalue weighted by molar-refractivity contribution is 7.09. The highest BCUT2D eigenvalue weighted by atomic mass is 32.1. The van der Waals surface area contributed by atoms with Gasteiger partial charge in [-0.15, -0.1) is 11.3 Å². The lowest BCUT2D eigenvalue weighted by molar-refractivity contribution is 0.0793. The van der Waals surface area contributed by atoms with Crippen molar-refractivity contribution < 1.29 is 4.79 Å². The van der Waals surface area contributed by atoms with Crippen LogP contribution in [0, 0.1) is 0 Å². The fraction of sp³-hybridized carbons (Fsp3) is 0.316. The summed E-state index contributed by atoms with van der Waals surface area (Å²) in [5.74, 6) is 0.124. The van der Waals surface area contributed by atoms with E-state index in [1.165, 1.54) is 0 Å². The molecular weight excluding hydrogens is 346 g/mol. The average molecular weight is 367 g/mol. The quantitative estimate of drug-likeness (QED) is 0.751. The van der Waals surface area contributed by atoms with E-state index in [9.17, 15) is 4.79 Å². The molecule has 3 heterocycles. The second-order valence-electron chi connectivity index (χ2n) is 6.46. The Bertz CT molecular complexity index is 910. The van der Waals surface area contributed by atoms with E-state index < -0.39 is 0 Å². The van der Waals surface area contributed by atoms with Gasteiger partial charge in [0.15, 0.2) is 0 Å². The summed E-state index contributed by atoms with van der Waals surface area (Å²) in [5.41, 5.74) is 3.64. The number of rotatable bonds is 5. The van der Waals surface area contributed by atoms with Crippen LogP contribution in [0.2, 0.25) is 0 Å². The van der Waals surface area contributed by atoms with Gasteiger partial charge in [0.1, 0.15) is 5.01 Å². The monoisotopic (exact) mass is 367 g/mol. The van der Waals surface area contributed by atoms with E-state index in [0.29, 0.717) is 6.54 Å². The lowest BCUT2D eigenvalue weighted by atomic mass is 10.1. The van der Waals surface area contributed by atoms with Crippen molar-refractivity contribution in [3.05, 3.63) is 52.6 Å². The first-order chi connectivity index (χ1) is 12.7. The van der Waals surface area contributed by atoms with Crippen molar-refractivity contribution >= 4 is 22.9 Å². The molecule has 1 aliphatic heterocycles. The van der Waals surface area contributed by atoms with Crippen molar-refractivity contribution in [2.75, 3.05) is 18.4 Å². The number of aromatic nitrogens is 3. The molecule has 0 spiro atoms. The molecule has 26 heavy (non-hydrogen) atoms. The summed E-state index contributed by atoms with van der Waals surface area (Å²) < 4.78 is 1.77. The second-order valence-corrected chi connectivity index (χ2v) is 7.41. The lowest BCUT2D eigenvalue weighted by Crippen LogP contribution is -2.27. The van der Waals surface area contributed by atoms with Gasteiger partial charge in [0.25, 0.3) is 5.91 Å². The van der Waals surface area contributed by atoms with E-state index in [-0.39, 0.29) is 5.91 Å². The van der Waals surface area contributed by atoms with E-state index in [2.05, 4.69) is 15.4 Å². The average Bonchev–Trinajstić information content (AvgIpc) is 3.41. The predicted octanol–water partition coefficient (Wildman–Crippen LogP) is 3.39. The minimum absolute atomic E-state index is 0.124. The number of hydrogen-bond donors (Lipinski definition) is 1. The Hall–Kier alpha value is -2.67. The zero-order chi connectivity index (χ0) is 17.9. The van der Waals surface area contributed by atoms with Crippen LogP contribution >= 0.6 is 11.3 Å². The van der Waals surface area contributed by atoms with Gasteiger partial charge in [0.05, 0.1) is 18.4 Å². The van der Waals surface area contributed by atoms with Crippen LogP contribution in [0.3, 0.4) is 0 Å². The number of likely N-dealkylation sites (tertiary alicyclic amines) is 1. The number of hydrogen-bond acceptors (Lipinski definition) is 5. The number of carbonyl (C=O) groups is 1. The standard InChI is InChI=1S/C19H21N5OS/c1-23-12-15(10-21-23)17-13-26-18(22-17)11-20-16-6-4-5-14(9-16)19(25)24-7-2-3-8-24/h4-6,9-10,12-13,20H,2-3,7-8,11H2,1H3. The van der Waals surface area contributed by atoms with Gasteiger partial charge >= 0.3 is 0 Å². The van der Waals surface area contributed by atoms with Gasteiger partial charge in [-0.25, -0.2) is 4.98 Å². The first-order valence-corrected chi connectivity index (χ1v) is 9.63. The maximum Gasteiger partial charge on any atom is 0.253 e. The Morgan fingerprint density at radius 3 is 2.92 bits per heavy atom. The number of thiazole rings is 1. The Balaban J connectivity index is 1.41. The number of carbonyl (C=O) groups excluding carboxylic acids is 1. The first-order valence-electron chi connectivity index (χ1n) is 8.76. The fourth-order valence-corrected chi connectivity index (χ4v) is 3.86. The van der Waals surface area contributed by atoms with Gasteiger partial charge in [0, 0.05) is 48.5 Å². The Morgan fingerprint density at radius 1 is 1.31 bits per heavy atom. The number of benzene rings is 1. The van der Waals surface area contributed by atoms with Crippen LogP contribution in [0.1, 0.15) is 28.2 Å². The van der Waals surface area contributed by atoms with E-state index >= 15 is 0 Å². The topological polar surface area (TPSA) is 63.1 Å². The molecule has 0 unspecified atom stereocenters. The van der Waals surface area contributed by atoms with E-state index in [1.807, 2.05) is 54.0 Å². The molecule has 1 aromatic carbocycles. The van der Waals surface area contributed by atoms with Crippen LogP contribution in [-0.2, 0) is 13.6 Å². The molecule has 0 bridgehead atoms. The number of aryl methyl sites for hydroxylation is 1. The Morgan fingerprint density at radius 2 is 2.15 bits per heavy atom. The van der Waals surface area contributed by atoms with Gasteiger partial charge in [-0.05, 0) is 31.0 Å². The molecule has 1 saturated heterocycles. The number of nitrogens with one attached hydrogen (secondary N) is 1. The van der Waals surface area contributed by atoms with Crippen LogP contribution in [0.15, 0.2) is 42.0 Å². The third-order valence-electron chi connectivity index (χ3n) is 4.50. The first kappa shape index (κ1) is 16.8. The second kappa shape index (κ2) is 7.29. The molecule has 1 amide bonds. The molecule has 1 fully saturated rings. The third-order valence-corrected chi connectivity index (χ3v) is 5.35. The molecule has 2 aromatic heterocycles. The highest BCUT2D eigenvalue weighted by Crippen LogP contribution is 2.22. The fourth-order valence-electron chi connectivity index (χ4n) is 3.12. The molecular formula is C19H21N5OS. The largest absolute Gasteiger partial charge is 0.379 e. The van der Waals surface area contributed by atoms with Crippen molar-refractivity contribution in [3.63, 3.8) is 0 Å². The summed E-state index contributed by atoms with van der Waals surface area (Å²) in [6, 6.07) is 7.72. The maximum absolute atomic E-state index is 12.5. The highest BCUT2D eigenvalue weighted by Gasteiger charge is 2.19. The zero-order valence-electron chi connectivity index (χ0n) is 14.7. The van der Waals surface area contributed by atoms with Gasteiger partial charge in [0.2, 0.25) is 0 Å². The van der Waals surface area contributed by atoms with Crippen LogP contribution in [0.5, 0.6) is 0 Å². The maximum atomic E-state index is 12.5. The van der Waals surface area contributed by atoms with Crippen molar-refractivity contribution in [2.45, 2.75) is 19.4 Å². The number of anilines is 1. The molecule has 0 atom stereocenters. The van der Waals surface area contributed by atoms with Gasteiger partial charge < -0.3 is 10.2 Å². The molecule has 7 heteroatoms. The summed E-state index contributed by atoms with van der Waals surface area (Å²) in [6.45, 7) is 2.37. The van der Waals surface area contributed by atoms with Crippen molar-refractivity contribution in [2.24, 2.45) is 7.05 Å². The van der Waals surface area contributed by atoms with E-state index in [0.717, 1.165) is 53.4 Å². The van der Waals surface area contributed by atoms with Crippen LogP contribution in [0.4, 0.5) is 5.69 Å². The molecule has 0 radical (unpaired) electrons. The summed E-state index contributed by atoms with van der Waals surface area (Å²) in [7, 11) is 1.90. The predicted molar refractivity (Wildman–Crippen MR) is 103 cm³/mol. The minimum atomic E-state index is 0.124. The molecule has 1 N–H and O–H groups in total. The summed E-state index contributed by atoms with van der Waals surface area (Å²) in [6.07, 6.45) is 5.99. The number of nitrogens with zero attached hydrogens (tertiary/aromatic N) is 4. The molecule has 1 aliphatic rings. The third kappa shape index (κ3) is 3.62. The van der Waals surface area contributed by atoms with Gasteiger partial charge in [-0.2, -0.15) is 5.10 Å². The van der Waals surface area contributed by atoms with Crippen molar-refractivity contribution in [1.82, 2.24) is 19.7 Å². The Kier molecular flexibility index (Phi) is 4.71. The SMILES string of the molecule is Cn1cc(-c2csc(CNc3cccc(C(=O)N4CCCC4)c3)n2)cn1. The molecule has 4 rings (SSSR count). The Labute approximate surface area is 156 Å². The van der Waals surface area contributed by atoms with Gasteiger partial charge in [-0.3, -0.25) is 9.48 Å². The normalized spacial score (nSPS) is 14.0. The molecule has 3 aromatic rings.